The van der Waals surface area contributed by atoms with Gasteiger partial charge in [0.05, 0.1) is 6.61 Å². The molecular formula is C25H40N2O. The zero-order valence-corrected chi connectivity index (χ0v) is 18.1. The average molecular weight is 385 g/mol. The fourth-order valence-corrected chi connectivity index (χ4v) is 5.42. The van der Waals surface area contributed by atoms with Crippen molar-refractivity contribution in [3.05, 3.63) is 35.4 Å². The van der Waals surface area contributed by atoms with Crippen LogP contribution in [0.3, 0.4) is 0 Å². The minimum Gasteiger partial charge on any atom is -0.381 e. The minimum atomic E-state index is 0.737. The Bertz CT molecular complexity index is 581. The topological polar surface area (TPSA) is 15.7 Å². The largest absolute Gasteiger partial charge is 0.381 e. The molecule has 3 heteroatoms. The summed E-state index contributed by atoms with van der Waals surface area (Å²) in [6.07, 6.45) is 6.61. The summed E-state index contributed by atoms with van der Waals surface area (Å²) in [7, 11) is 0. The Kier molecular flexibility index (Phi) is 7.08. The number of fused-ring (bicyclic) bond motifs is 1. The van der Waals surface area contributed by atoms with Gasteiger partial charge in [-0.25, -0.2) is 0 Å². The number of likely N-dealkylation sites (tertiary alicyclic amines) is 2. The molecule has 4 rings (SSSR count). The van der Waals surface area contributed by atoms with E-state index in [1.807, 2.05) is 0 Å². The van der Waals surface area contributed by atoms with Crippen LogP contribution in [0, 0.1) is 23.7 Å². The lowest BCUT2D eigenvalue weighted by Gasteiger charge is -2.26. The van der Waals surface area contributed by atoms with Crippen LogP contribution < -0.4 is 0 Å². The first kappa shape index (κ1) is 20.4. The van der Waals surface area contributed by atoms with Crippen LogP contribution in [0.1, 0.15) is 50.7 Å². The Balaban J connectivity index is 1.08. The summed E-state index contributed by atoms with van der Waals surface area (Å²) in [5.74, 6) is 3.39. The highest BCUT2D eigenvalue weighted by atomic mass is 16.5. The van der Waals surface area contributed by atoms with E-state index in [-0.39, 0.29) is 0 Å². The first-order chi connectivity index (χ1) is 13.7. The van der Waals surface area contributed by atoms with Crippen molar-refractivity contribution >= 4 is 0 Å². The monoisotopic (exact) mass is 384 g/mol. The van der Waals surface area contributed by atoms with E-state index in [1.54, 1.807) is 0 Å². The van der Waals surface area contributed by atoms with Gasteiger partial charge in [0, 0.05) is 32.8 Å². The molecule has 3 nitrogen and oxygen atoms in total. The Hall–Kier alpha value is -0.900. The molecule has 156 valence electrons. The van der Waals surface area contributed by atoms with Crippen molar-refractivity contribution < 1.29 is 4.74 Å². The van der Waals surface area contributed by atoms with Crippen molar-refractivity contribution in [3.8, 4) is 0 Å². The number of piperidine rings is 2. The summed E-state index contributed by atoms with van der Waals surface area (Å²) in [5.41, 5.74) is 2.94. The Morgan fingerprint density at radius 3 is 2.29 bits per heavy atom. The summed E-state index contributed by atoms with van der Waals surface area (Å²) < 4.78 is 6.04. The van der Waals surface area contributed by atoms with Gasteiger partial charge in [0.1, 0.15) is 0 Å². The predicted molar refractivity (Wildman–Crippen MR) is 116 cm³/mol. The minimum absolute atomic E-state index is 0.737. The van der Waals surface area contributed by atoms with E-state index in [0.29, 0.717) is 0 Å². The number of hydrogen-bond acceptors (Lipinski definition) is 3. The van der Waals surface area contributed by atoms with Crippen LogP contribution in [-0.2, 0) is 17.7 Å². The molecule has 3 atom stereocenters. The molecule has 0 N–H and O–H groups in total. The molecule has 0 aromatic heterocycles. The quantitative estimate of drug-likeness (QED) is 0.554. The summed E-state index contributed by atoms with van der Waals surface area (Å²) >= 11 is 0. The Labute approximate surface area is 172 Å². The number of hydrogen-bond donors (Lipinski definition) is 0. The SMILES string of the molecule is CC(C)Cc1ccc(CN2C[C@@H]3C(COCCCN4CCCCC4)[C@@H]3C2)cc1. The van der Waals surface area contributed by atoms with E-state index in [1.165, 1.54) is 76.0 Å². The van der Waals surface area contributed by atoms with Gasteiger partial charge in [-0.1, -0.05) is 44.5 Å². The fourth-order valence-electron chi connectivity index (χ4n) is 5.42. The van der Waals surface area contributed by atoms with Crippen molar-refractivity contribution in [2.24, 2.45) is 23.7 Å². The van der Waals surface area contributed by atoms with Crippen LogP contribution in [0.25, 0.3) is 0 Å². The molecule has 0 amide bonds. The summed E-state index contributed by atoms with van der Waals surface area (Å²) in [4.78, 5) is 5.27. The summed E-state index contributed by atoms with van der Waals surface area (Å²) in [6.45, 7) is 14.1. The average Bonchev–Trinajstić information content (AvgIpc) is 3.14. The molecule has 0 radical (unpaired) electrons. The maximum absolute atomic E-state index is 6.04. The summed E-state index contributed by atoms with van der Waals surface area (Å²) in [5, 5.41) is 0. The predicted octanol–water partition coefficient (Wildman–Crippen LogP) is 4.46. The smallest absolute Gasteiger partial charge is 0.0500 e. The molecule has 0 spiro atoms. The second-order valence-corrected chi connectivity index (χ2v) is 9.93. The zero-order valence-electron chi connectivity index (χ0n) is 18.1. The third kappa shape index (κ3) is 5.58. The Morgan fingerprint density at radius 2 is 1.61 bits per heavy atom. The van der Waals surface area contributed by atoms with Crippen LogP contribution in [0.4, 0.5) is 0 Å². The van der Waals surface area contributed by atoms with E-state index in [4.69, 9.17) is 4.74 Å². The second kappa shape index (κ2) is 9.73. The third-order valence-electron chi connectivity index (χ3n) is 7.04. The molecule has 1 aromatic carbocycles. The molecule has 2 heterocycles. The lowest BCUT2D eigenvalue weighted by Crippen LogP contribution is -2.31. The molecule has 2 aliphatic heterocycles. The van der Waals surface area contributed by atoms with Crippen LogP contribution in [0.15, 0.2) is 24.3 Å². The highest BCUT2D eigenvalue weighted by molar-refractivity contribution is 5.23. The van der Waals surface area contributed by atoms with Gasteiger partial charge in [0.25, 0.3) is 0 Å². The molecular weight excluding hydrogens is 344 g/mol. The van der Waals surface area contributed by atoms with Gasteiger partial charge in [0.2, 0.25) is 0 Å². The standard InChI is InChI=1S/C25H40N2O/c1-20(2)15-21-7-9-22(10-8-21)16-27-17-23-24(18-27)25(23)19-28-14-6-13-26-11-4-3-5-12-26/h7-10,20,23-25H,3-6,11-19H2,1-2H3/t23-,24+,25?. The van der Waals surface area contributed by atoms with Crippen molar-refractivity contribution in [1.82, 2.24) is 9.80 Å². The van der Waals surface area contributed by atoms with E-state index >= 15 is 0 Å². The van der Waals surface area contributed by atoms with Crippen LogP contribution in [0.5, 0.6) is 0 Å². The first-order valence-electron chi connectivity index (χ1n) is 11.8. The lowest BCUT2D eigenvalue weighted by molar-refractivity contribution is 0.0967. The molecule has 1 saturated carbocycles. The third-order valence-corrected chi connectivity index (χ3v) is 7.04. The van der Waals surface area contributed by atoms with Gasteiger partial charge in [-0.3, -0.25) is 4.90 Å². The van der Waals surface area contributed by atoms with Gasteiger partial charge in [-0.05, 0) is 73.6 Å². The van der Waals surface area contributed by atoms with E-state index in [0.717, 1.165) is 43.4 Å². The van der Waals surface area contributed by atoms with Gasteiger partial charge in [-0.15, -0.1) is 0 Å². The molecule has 3 aliphatic rings. The maximum Gasteiger partial charge on any atom is 0.0500 e. The molecule has 3 fully saturated rings. The number of nitrogens with zero attached hydrogens (tertiary/aromatic N) is 2. The van der Waals surface area contributed by atoms with Crippen molar-refractivity contribution in [2.75, 3.05) is 45.9 Å². The number of benzene rings is 1. The van der Waals surface area contributed by atoms with E-state index in [2.05, 4.69) is 47.9 Å². The van der Waals surface area contributed by atoms with Crippen LogP contribution in [0.2, 0.25) is 0 Å². The lowest BCUT2D eigenvalue weighted by atomic mass is 10.0. The maximum atomic E-state index is 6.04. The van der Waals surface area contributed by atoms with Crippen LogP contribution in [-0.4, -0.2) is 55.7 Å². The highest BCUT2D eigenvalue weighted by Crippen LogP contribution is 2.52. The van der Waals surface area contributed by atoms with Crippen molar-refractivity contribution in [2.45, 2.75) is 52.5 Å². The van der Waals surface area contributed by atoms with Gasteiger partial charge in [-0.2, -0.15) is 0 Å². The molecule has 1 aromatic rings. The normalized spacial score (nSPS) is 28.0. The summed E-state index contributed by atoms with van der Waals surface area (Å²) in [6, 6.07) is 9.33. The highest BCUT2D eigenvalue weighted by Gasteiger charge is 2.55. The molecule has 28 heavy (non-hydrogen) atoms. The second-order valence-electron chi connectivity index (χ2n) is 9.93. The van der Waals surface area contributed by atoms with Gasteiger partial charge in [0.15, 0.2) is 0 Å². The molecule has 1 unspecified atom stereocenters. The van der Waals surface area contributed by atoms with E-state index < -0.39 is 0 Å². The molecule has 1 aliphatic carbocycles. The molecule has 2 saturated heterocycles. The first-order valence-corrected chi connectivity index (χ1v) is 11.8. The molecule has 0 bridgehead atoms. The van der Waals surface area contributed by atoms with Gasteiger partial charge >= 0.3 is 0 Å². The fraction of sp³-hybridized carbons (Fsp3) is 0.760. The van der Waals surface area contributed by atoms with Crippen LogP contribution >= 0.6 is 0 Å². The Morgan fingerprint density at radius 1 is 0.929 bits per heavy atom. The van der Waals surface area contributed by atoms with Gasteiger partial charge < -0.3 is 9.64 Å². The number of ether oxygens (including phenoxy) is 1. The van der Waals surface area contributed by atoms with Crippen molar-refractivity contribution in [3.63, 3.8) is 0 Å². The van der Waals surface area contributed by atoms with Crippen molar-refractivity contribution in [1.29, 1.82) is 0 Å². The van der Waals surface area contributed by atoms with E-state index in [9.17, 15) is 0 Å². The zero-order chi connectivity index (χ0) is 19.3. The number of rotatable bonds is 10.